The number of pyridine rings is 1. The summed E-state index contributed by atoms with van der Waals surface area (Å²) in [6.45, 7) is 0. The number of aromatic nitrogens is 1. The smallest absolute Gasteiger partial charge is 0.272 e. The zero-order valence-corrected chi connectivity index (χ0v) is 9.51. The Kier molecular flexibility index (Phi) is 3.59. The molecule has 0 fully saturated rings. The predicted octanol–water partition coefficient (Wildman–Crippen LogP) is 2.59. The number of nitrogens with zero attached hydrogens (tertiary/aromatic N) is 1. The summed E-state index contributed by atoms with van der Waals surface area (Å²) < 4.78 is 24.9. The number of anilines is 1. The fraction of sp³-hybridized carbons (Fsp3) is 0.143. The number of hydrogen-bond donors (Lipinski definition) is 1. The molecule has 14 heavy (non-hydrogen) atoms. The van der Waals surface area contributed by atoms with Crippen molar-refractivity contribution in [3.63, 3.8) is 0 Å². The van der Waals surface area contributed by atoms with Crippen LogP contribution in [0.2, 0.25) is 0 Å². The van der Waals surface area contributed by atoms with E-state index in [1.165, 1.54) is 0 Å². The molecule has 76 valence electrons. The van der Waals surface area contributed by atoms with Crippen molar-refractivity contribution < 1.29 is 13.6 Å². The van der Waals surface area contributed by atoms with Crippen LogP contribution < -0.4 is 5.73 Å². The molecule has 0 amide bonds. The first-order valence-electron chi connectivity index (χ1n) is 3.37. The summed E-state index contributed by atoms with van der Waals surface area (Å²) in [6.07, 6.45) is -2.71. The van der Waals surface area contributed by atoms with Crippen molar-refractivity contribution in [3.05, 3.63) is 20.9 Å². The summed E-state index contributed by atoms with van der Waals surface area (Å²) in [5, 5.41) is -0.899. The molecule has 0 saturated heterocycles. The first-order chi connectivity index (χ1) is 6.43. The Labute approximate surface area is 96.8 Å². The lowest BCUT2D eigenvalue weighted by molar-refractivity contribution is 0.107. The summed E-state index contributed by atoms with van der Waals surface area (Å²) in [4.78, 5) is 14.4. The quantitative estimate of drug-likeness (QED) is 0.669. The number of nitrogen functional groups attached to an aromatic ring is 1. The van der Waals surface area contributed by atoms with E-state index in [-0.39, 0.29) is 20.6 Å². The molecule has 0 saturated carbocycles. The van der Waals surface area contributed by atoms with E-state index >= 15 is 0 Å². The SMILES string of the molecule is Nc1cc(C(F)F)c(I)c(C(=O)Cl)n1. The summed E-state index contributed by atoms with van der Waals surface area (Å²) >= 11 is 6.74. The zero-order chi connectivity index (χ0) is 10.9. The predicted molar refractivity (Wildman–Crippen MR) is 56.5 cm³/mol. The molecule has 0 bridgehead atoms. The standard InChI is InChI=1S/C7H4ClF2IN2O/c8-6(14)5-4(11)2(7(9)10)1-3(12)13-5/h1,7H,(H2,12,13). The second-order valence-corrected chi connectivity index (χ2v) is 3.80. The normalized spacial score (nSPS) is 10.6. The number of carbonyl (C=O) groups is 1. The minimum absolute atomic E-state index is 0.0341. The molecule has 1 aromatic rings. The third-order valence-electron chi connectivity index (χ3n) is 1.43. The molecular formula is C7H4ClF2IN2O. The molecule has 0 spiro atoms. The van der Waals surface area contributed by atoms with Gasteiger partial charge in [0.2, 0.25) is 0 Å². The van der Waals surface area contributed by atoms with Crippen LogP contribution in [0, 0.1) is 3.57 Å². The number of rotatable bonds is 2. The molecule has 0 aliphatic heterocycles. The third kappa shape index (κ3) is 2.30. The fourth-order valence-corrected chi connectivity index (χ4v) is 1.91. The van der Waals surface area contributed by atoms with Crippen molar-refractivity contribution in [1.29, 1.82) is 0 Å². The van der Waals surface area contributed by atoms with E-state index in [1.807, 2.05) is 0 Å². The van der Waals surface area contributed by atoms with Crippen molar-refractivity contribution >= 4 is 45.3 Å². The van der Waals surface area contributed by atoms with Gasteiger partial charge in [0.25, 0.3) is 11.7 Å². The van der Waals surface area contributed by atoms with E-state index in [0.29, 0.717) is 0 Å². The number of hydrogen-bond acceptors (Lipinski definition) is 3. The lowest BCUT2D eigenvalue weighted by atomic mass is 10.2. The molecule has 0 radical (unpaired) electrons. The van der Waals surface area contributed by atoms with Gasteiger partial charge < -0.3 is 5.73 Å². The Morgan fingerprint density at radius 2 is 2.21 bits per heavy atom. The second kappa shape index (κ2) is 4.35. The Hall–Kier alpha value is -0.500. The van der Waals surface area contributed by atoms with Crippen LogP contribution in [0.4, 0.5) is 14.6 Å². The van der Waals surface area contributed by atoms with Crippen LogP contribution in [-0.2, 0) is 0 Å². The van der Waals surface area contributed by atoms with Crippen LogP contribution in [-0.4, -0.2) is 10.2 Å². The van der Waals surface area contributed by atoms with Gasteiger partial charge in [-0.05, 0) is 40.3 Å². The van der Waals surface area contributed by atoms with E-state index in [0.717, 1.165) is 6.07 Å². The van der Waals surface area contributed by atoms with Gasteiger partial charge in [0.05, 0.1) is 3.57 Å². The molecule has 0 aromatic carbocycles. The van der Waals surface area contributed by atoms with E-state index < -0.39 is 11.7 Å². The first kappa shape index (κ1) is 11.6. The third-order valence-corrected chi connectivity index (χ3v) is 2.74. The summed E-state index contributed by atoms with van der Waals surface area (Å²) in [5.41, 5.74) is 4.68. The maximum absolute atomic E-state index is 12.4. The largest absolute Gasteiger partial charge is 0.384 e. The lowest BCUT2D eigenvalue weighted by Gasteiger charge is -2.06. The van der Waals surface area contributed by atoms with Crippen LogP contribution in [0.1, 0.15) is 22.5 Å². The van der Waals surface area contributed by atoms with Crippen LogP contribution in [0.3, 0.4) is 0 Å². The highest BCUT2D eigenvalue weighted by atomic mass is 127. The molecule has 0 aliphatic carbocycles. The van der Waals surface area contributed by atoms with Crippen molar-refractivity contribution in [2.24, 2.45) is 0 Å². The number of carbonyl (C=O) groups excluding carboxylic acids is 1. The molecule has 0 aliphatic rings. The van der Waals surface area contributed by atoms with Crippen molar-refractivity contribution in [2.75, 3.05) is 5.73 Å². The average molecular weight is 332 g/mol. The van der Waals surface area contributed by atoms with Crippen LogP contribution in [0.15, 0.2) is 6.07 Å². The van der Waals surface area contributed by atoms with Crippen molar-refractivity contribution in [3.8, 4) is 0 Å². The molecule has 3 nitrogen and oxygen atoms in total. The van der Waals surface area contributed by atoms with Crippen molar-refractivity contribution in [2.45, 2.75) is 6.43 Å². The Morgan fingerprint density at radius 3 is 2.64 bits per heavy atom. The fourth-order valence-electron chi connectivity index (χ4n) is 0.859. The maximum atomic E-state index is 12.4. The monoisotopic (exact) mass is 332 g/mol. The van der Waals surface area contributed by atoms with Gasteiger partial charge in [0.15, 0.2) is 0 Å². The molecule has 2 N–H and O–H groups in total. The van der Waals surface area contributed by atoms with Gasteiger partial charge in [-0.3, -0.25) is 4.79 Å². The van der Waals surface area contributed by atoms with Gasteiger partial charge in [-0.15, -0.1) is 0 Å². The summed E-state index contributed by atoms with van der Waals surface area (Å²) in [6, 6.07) is 1.02. The molecule has 0 unspecified atom stereocenters. The van der Waals surface area contributed by atoms with Crippen LogP contribution in [0.25, 0.3) is 0 Å². The highest BCUT2D eigenvalue weighted by molar-refractivity contribution is 14.1. The van der Waals surface area contributed by atoms with Crippen molar-refractivity contribution in [1.82, 2.24) is 4.98 Å². The molecule has 1 aromatic heterocycles. The van der Waals surface area contributed by atoms with Gasteiger partial charge >= 0.3 is 0 Å². The Morgan fingerprint density at radius 1 is 1.64 bits per heavy atom. The molecule has 7 heteroatoms. The first-order valence-corrected chi connectivity index (χ1v) is 4.83. The van der Waals surface area contributed by atoms with Crippen LogP contribution in [0.5, 0.6) is 0 Å². The van der Waals surface area contributed by atoms with Gasteiger partial charge in [-0.1, -0.05) is 0 Å². The van der Waals surface area contributed by atoms with Gasteiger partial charge in [-0.2, -0.15) is 0 Å². The van der Waals surface area contributed by atoms with Gasteiger partial charge in [0.1, 0.15) is 11.5 Å². The molecular weight excluding hydrogens is 328 g/mol. The highest BCUT2D eigenvalue weighted by Gasteiger charge is 2.19. The van der Waals surface area contributed by atoms with Crippen LogP contribution >= 0.6 is 34.2 Å². The van der Waals surface area contributed by atoms with E-state index in [4.69, 9.17) is 17.3 Å². The van der Waals surface area contributed by atoms with Gasteiger partial charge in [-0.25, -0.2) is 13.8 Å². The zero-order valence-electron chi connectivity index (χ0n) is 6.60. The Bertz CT molecular complexity index is 386. The second-order valence-electron chi connectivity index (χ2n) is 2.37. The van der Waals surface area contributed by atoms with E-state index in [1.54, 1.807) is 22.6 Å². The average Bonchev–Trinajstić information content (AvgIpc) is 2.07. The maximum Gasteiger partial charge on any atom is 0.272 e. The molecule has 1 heterocycles. The highest BCUT2D eigenvalue weighted by Crippen LogP contribution is 2.28. The summed E-state index contributed by atoms with van der Waals surface area (Å²) in [5.74, 6) is -0.148. The Balaban J connectivity index is 3.40. The number of halogens is 4. The van der Waals surface area contributed by atoms with E-state index in [9.17, 15) is 13.6 Å². The minimum atomic E-state index is -2.71. The van der Waals surface area contributed by atoms with Gasteiger partial charge in [0, 0.05) is 5.56 Å². The lowest BCUT2D eigenvalue weighted by Crippen LogP contribution is -2.06. The molecule has 0 atom stereocenters. The van der Waals surface area contributed by atoms with E-state index in [2.05, 4.69) is 4.98 Å². The molecule has 1 rings (SSSR count). The number of nitrogens with two attached hydrogens (primary N) is 1. The topological polar surface area (TPSA) is 56.0 Å². The minimum Gasteiger partial charge on any atom is -0.384 e. The summed E-state index contributed by atoms with van der Waals surface area (Å²) in [7, 11) is 0. The number of alkyl halides is 2.